The van der Waals surface area contributed by atoms with Crippen molar-refractivity contribution in [1.29, 1.82) is 0 Å². The summed E-state index contributed by atoms with van der Waals surface area (Å²) in [6.45, 7) is 0. The van der Waals surface area contributed by atoms with Gasteiger partial charge in [-0.3, -0.25) is 0 Å². The molecule has 1 unspecified atom stereocenters. The Morgan fingerprint density at radius 2 is 2.23 bits per heavy atom. The molecule has 1 aromatic heterocycles. The average molecular weight is 230 g/mol. The van der Waals surface area contributed by atoms with Gasteiger partial charge in [-0.15, -0.1) is 0 Å². The van der Waals surface area contributed by atoms with E-state index in [4.69, 9.17) is 0 Å². The smallest absolute Gasteiger partial charge is 0.748 e. The fourth-order valence-electron chi connectivity index (χ4n) is 0.754. The summed E-state index contributed by atoms with van der Waals surface area (Å²) in [6, 6.07) is 1.58. The van der Waals surface area contributed by atoms with Crippen molar-refractivity contribution in [2.24, 2.45) is 0 Å². The van der Waals surface area contributed by atoms with Gasteiger partial charge in [0.15, 0.2) is 0 Å². The number of aliphatic hydroxyl groups is 1. The first-order valence-corrected chi connectivity index (χ1v) is 5.65. The third-order valence-electron chi connectivity index (χ3n) is 1.29. The van der Waals surface area contributed by atoms with Crippen LogP contribution in [-0.2, 0) is 10.1 Å². The molecule has 0 saturated carbocycles. The summed E-state index contributed by atoms with van der Waals surface area (Å²) in [5.74, 6) is -0.760. The molecule has 1 rings (SSSR count). The third-order valence-corrected chi connectivity index (χ3v) is 2.72. The van der Waals surface area contributed by atoms with Crippen LogP contribution in [0.1, 0.15) is 11.7 Å². The van der Waals surface area contributed by atoms with Crippen LogP contribution in [0.2, 0.25) is 0 Å². The van der Waals surface area contributed by atoms with E-state index in [1.807, 2.05) is 0 Å². The van der Waals surface area contributed by atoms with Gasteiger partial charge >= 0.3 is 29.6 Å². The van der Waals surface area contributed by atoms with Gasteiger partial charge in [0.25, 0.3) is 0 Å². The number of aliphatic hydroxyl groups excluding tert-OH is 1. The maximum Gasteiger partial charge on any atom is 1.00 e. The van der Waals surface area contributed by atoms with Crippen LogP contribution in [0.5, 0.6) is 0 Å². The summed E-state index contributed by atoms with van der Waals surface area (Å²) in [5, 5.41) is 12.5. The van der Waals surface area contributed by atoms with E-state index < -0.39 is 22.0 Å². The van der Waals surface area contributed by atoms with E-state index in [-0.39, 0.29) is 29.6 Å². The Kier molecular flexibility index (Phi) is 5.69. The second kappa shape index (κ2) is 5.45. The minimum absolute atomic E-state index is 0. The zero-order valence-corrected chi connectivity index (χ0v) is 10.6. The van der Waals surface area contributed by atoms with E-state index in [2.05, 4.69) is 0 Å². The Hall–Kier alpha value is 0.570. The van der Waals surface area contributed by atoms with Crippen LogP contribution >= 0.6 is 11.3 Å². The van der Waals surface area contributed by atoms with Crippen LogP contribution in [0.25, 0.3) is 0 Å². The van der Waals surface area contributed by atoms with Crippen molar-refractivity contribution in [3.8, 4) is 0 Å². The predicted molar refractivity (Wildman–Crippen MR) is 43.8 cm³/mol. The minimum Gasteiger partial charge on any atom is -0.748 e. The molecule has 0 aromatic carbocycles. The zero-order valence-electron chi connectivity index (χ0n) is 7.00. The molecule has 68 valence electrons. The molecule has 7 heteroatoms. The number of hydrogen-bond acceptors (Lipinski definition) is 5. The molecule has 0 radical (unpaired) electrons. The molecule has 0 bridgehead atoms. The van der Waals surface area contributed by atoms with Gasteiger partial charge in [0.1, 0.15) is 0 Å². The van der Waals surface area contributed by atoms with Crippen molar-refractivity contribution in [3.63, 3.8) is 0 Å². The summed E-state index contributed by atoms with van der Waals surface area (Å²) in [7, 11) is -4.34. The first-order chi connectivity index (χ1) is 5.49. The van der Waals surface area contributed by atoms with Gasteiger partial charge in [-0.1, -0.05) is 0 Å². The SMILES string of the molecule is O=S(=O)([O-])CC(O)c1ccsc1.[Na+]. The predicted octanol–water partition coefficient (Wildman–Crippen LogP) is -2.67. The molecule has 0 aliphatic heterocycles. The van der Waals surface area contributed by atoms with Crippen LogP contribution in [0.4, 0.5) is 0 Å². The number of thiophene rings is 1. The molecule has 4 nitrogen and oxygen atoms in total. The number of rotatable bonds is 3. The van der Waals surface area contributed by atoms with E-state index in [1.54, 1.807) is 16.8 Å². The van der Waals surface area contributed by atoms with Gasteiger partial charge in [0, 0.05) is 0 Å². The van der Waals surface area contributed by atoms with E-state index in [0.29, 0.717) is 5.56 Å². The maximum atomic E-state index is 10.2. The number of hydrogen-bond donors (Lipinski definition) is 1. The van der Waals surface area contributed by atoms with Crippen LogP contribution in [0.15, 0.2) is 16.8 Å². The topological polar surface area (TPSA) is 77.4 Å². The molecular formula is C6H7NaO4S2. The quantitative estimate of drug-likeness (QED) is 0.454. The Morgan fingerprint density at radius 3 is 2.62 bits per heavy atom. The summed E-state index contributed by atoms with van der Waals surface area (Å²) in [5.41, 5.74) is 0.472. The van der Waals surface area contributed by atoms with Gasteiger partial charge < -0.3 is 9.66 Å². The zero-order chi connectivity index (χ0) is 9.19. The molecule has 0 amide bonds. The third kappa shape index (κ3) is 5.11. The normalized spacial score (nSPS) is 13.4. The van der Waals surface area contributed by atoms with Gasteiger partial charge in [0.05, 0.1) is 22.0 Å². The summed E-state index contributed by atoms with van der Waals surface area (Å²) < 4.78 is 30.7. The first-order valence-electron chi connectivity index (χ1n) is 3.13. The van der Waals surface area contributed by atoms with Crippen molar-refractivity contribution in [1.82, 2.24) is 0 Å². The van der Waals surface area contributed by atoms with Crippen LogP contribution < -0.4 is 29.6 Å². The van der Waals surface area contributed by atoms with Gasteiger partial charge in [-0.25, -0.2) is 8.42 Å². The van der Waals surface area contributed by atoms with Crippen molar-refractivity contribution in [2.75, 3.05) is 5.75 Å². The molecule has 1 aromatic rings. The Labute approximate surface area is 103 Å². The minimum atomic E-state index is -4.34. The average Bonchev–Trinajstić information content (AvgIpc) is 2.32. The Balaban J connectivity index is 0.00000144. The van der Waals surface area contributed by atoms with Crippen molar-refractivity contribution in [2.45, 2.75) is 6.10 Å². The van der Waals surface area contributed by atoms with Crippen molar-refractivity contribution in [3.05, 3.63) is 22.4 Å². The Morgan fingerprint density at radius 1 is 1.62 bits per heavy atom. The first kappa shape index (κ1) is 13.6. The fourth-order valence-corrected chi connectivity index (χ4v) is 2.04. The Bertz CT molecular complexity index is 332. The molecule has 13 heavy (non-hydrogen) atoms. The van der Waals surface area contributed by atoms with Crippen molar-refractivity contribution < 1.29 is 47.6 Å². The molecule has 0 aliphatic rings. The molecule has 1 atom stereocenters. The molecule has 0 spiro atoms. The summed E-state index contributed by atoms with van der Waals surface area (Å²) >= 11 is 1.34. The molecule has 0 saturated heterocycles. The van der Waals surface area contributed by atoms with E-state index in [9.17, 15) is 18.1 Å². The van der Waals surface area contributed by atoms with Gasteiger partial charge in [-0.2, -0.15) is 11.3 Å². The van der Waals surface area contributed by atoms with E-state index in [0.717, 1.165) is 0 Å². The van der Waals surface area contributed by atoms with E-state index in [1.165, 1.54) is 11.3 Å². The van der Waals surface area contributed by atoms with Crippen LogP contribution in [0.3, 0.4) is 0 Å². The second-order valence-corrected chi connectivity index (χ2v) is 4.53. The summed E-state index contributed by atoms with van der Waals surface area (Å²) in [6.07, 6.45) is -1.20. The molecule has 0 aliphatic carbocycles. The molecular weight excluding hydrogens is 223 g/mol. The molecule has 1 N–H and O–H groups in total. The van der Waals surface area contributed by atoms with Crippen molar-refractivity contribution >= 4 is 21.5 Å². The van der Waals surface area contributed by atoms with Gasteiger partial charge in [-0.05, 0) is 22.4 Å². The molecule has 1 heterocycles. The monoisotopic (exact) mass is 230 g/mol. The second-order valence-electron chi connectivity index (χ2n) is 2.30. The standard InChI is InChI=1S/C6H8O4S2.Na/c7-6(4-12(8,9)10)5-1-2-11-3-5;/h1-3,6-7H,4H2,(H,8,9,10);/q;+1/p-1. The van der Waals surface area contributed by atoms with Crippen LogP contribution in [0, 0.1) is 0 Å². The van der Waals surface area contributed by atoms with E-state index >= 15 is 0 Å². The molecule has 0 fully saturated rings. The largest absolute Gasteiger partial charge is 1.00 e. The fraction of sp³-hybridized carbons (Fsp3) is 0.333. The van der Waals surface area contributed by atoms with Gasteiger partial charge in [0.2, 0.25) is 0 Å². The summed E-state index contributed by atoms with van der Waals surface area (Å²) in [4.78, 5) is 0. The van der Waals surface area contributed by atoms with Crippen LogP contribution in [-0.4, -0.2) is 23.8 Å². The maximum absolute atomic E-state index is 10.2.